The van der Waals surface area contributed by atoms with Crippen LogP contribution in [0.3, 0.4) is 0 Å². The van der Waals surface area contributed by atoms with E-state index in [1.54, 1.807) is 0 Å². The van der Waals surface area contributed by atoms with Crippen LogP contribution in [0.4, 0.5) is 79.4 Å². The summed E-state index contributed by atoms with van der Waals surface area (Å²) in [5, 5.41) is 0. The number of hydrogen-bond acceptors (Lipinski definition) is 4. The van der Waals surface area contributed by atoms with E-state index >= 15 is 0 Å². The number of halogens is 17. The van der Waals surface area contributed by atoms with Crippen LogP contribution in [0.1, 0.15) is 0 Å². The summed E-state index contributed by atoms with van der Waals surface area (Å²) in [6.07, 6.45) is -18.8. The zero-order valence-corrected chi connectivity index (χ0v) is 14.3. The van der Waals surface area contributed by atoms with Crippen molar-refractivity contribution in [2.24, 2.45) is 0 Å². The molecule has 0 amide bonds. The van der Waals surface area contributed by atoms with Gasteiger partial charge in [-0.3, -0.25) is 0 Å². The first-order chi connectivity index (χ1) is 14.1. The fourth-order valence-electron chi connectivity index (χ4n) is 1.46. The number of alkyl halides is 17. The van der Waals surface area contributed by atoms with E-state index < -0.39 is 59.9 Å². The molecule has 0 unspecified atom stereocenters. The van der Waals surface area contributed by atoms with Crippen LogP contribution in [-0.2, 0) is 14.3 Å². The zero-order valence-electron chi connectivity index (χ0n) is 14.3. The number of esters is 1. The largest absolute Gasteiger partial charge is 0.521 e. The standard InChI is InChI=1S/C12H3F17O4/c1-2-3(30)32-4(31)33-12(28,29)10(23,24)8(19,20)6(15,16)5(13,14)7(17,18)9(21,22)11(25,26)27/h2H,1H2. The van der Waals surface area contributed by atoms with Gasteiger partial charge >= 0.3 is 59.9 Å². The normalized spacial score (nSPS) is 15.2. The van der Waals surface area contributed by atoms with Crippen molar-refractivity contribution < 1.29 is 93.7 Å². The quantitative estimate of drug-likeness (QED) is 0.171. The van der Waals surface area contributed by atoms with Crippen LogP contribution in [0.2, 0.25) is 0 Å². The predicted octanol–water partition coefficient (Wildman–Crippen LogP) is 5.82. The molecule has 33 heavy (non-hydrogen) atoms. The Morgan fingerprint density at radius 3 is 1.15 bits per heavy atom. The Hall–Kier alpha value is -2.51. The minimum atomic E-state index is -8.82. The van der Waals surface area contributed by atoms with E-state index in [1.165, 1.54) is 0 Å². The van der Waals surface area contributed by atoms with Gasteiger partial charge in [-0.15, -0.1) is 0 Å². The Balaban J connectivity index is 6.55. The maximum Gasteiger partial charge on any atom is 0.521 e. The van der Waals surface area contributed by atoms with Gasteiger partial charge in [0.15, 0.2) is 0 Å². The molecule has 0 aliphatic rings. The summed E-state index contributed by atoms with van der Waals surface area (Å²) in [6.45, 7) is 2.48. The van der Waals surface area contributed by atoms with Gasteiger partial charge in [0.05, 0.1) is 0 Å². The van der Waals surface area contributed by atoms with Crippen molar-refractivity contribution in [2.75, 3.05) is 0 Å². The van der Waals surface area contributed by atoms with Crippen LogP contribution in [-0.4, -0.2) is 59.9 Å². The van der Waals surface area contributed by atoms with Crippen molar-refractivity contribution in [2.45, 2.75) is 47.8 Å². The molecule has 4 nitrogen and oxygen atoms in total. The van der Waals surface area contributed by atoms with E-state index in [0.717, 1.165) is 0 Å². The third-order valence-corrected chi connectivity index (χ3v) is 3.26. The molecule has 0 spiro atoms. The number of rotatable bonds is 8. The fourth-order valence-corrected chi connectivity index (χ4v) is 1.46. The predicted molar refractivity (Wildman–Crippen MR) is 63.5 cm³/mol. The summed E-state index contributed by atoms with van der Waals surface area (Å²) >= 11 is 0. The minimum Gasteiger partial charge on any atom is -0.363 e. The van der Waals surface area contributed by atoms with Crippen LogP contribution in [0, 0.1) is 0 Å². The molecule has 0 aromatic carbocycles. The second kappa shape index (κ2) is 8.06. The molecule has 0 aromatic heterocycles. The van der Waals surface area contributed by atoms with Gasteiger partial charge in [0.1, 0.15) is 0 Å². The topological polar surface area (TPSA) is 52.6 Å². The van der Waals surface area contributed by atoms with E-state index in [9.17, 15) is 84.2 Å². The SMILES string of the molecule is C=CC(=O)OC(=O)OC(F)(F)C(F)(F)C(F)(F)C(F)(F)C(F)(F)C(F)(F)C(F)(F)C(F)(F)F. The Kier molecular flexibility index (Phi) is 7.45. The average molecular weight is 534 g/mol. The van der Waals surface area contributed by atoms with Gasteiger partial charge < -0.3 is 9.47 Å². The molecule has 194 valence electrons. The molecule has 0 rings (SSSR count). The summed E-state index contributed by atoms with van der Waals surface area (Å²) in [5.41, 5.74) is 0. The van der Waals surface area contributed by atoms with Crippen LogP contribution in [0.15, 0.2) is 12.7 Å². The third kappa shape index (κ3) is 4.36. The highest BCUT2D eigenvalue weighted by molar-refractivity contribution is 5.89. The molecule has 21 heteroatoms. The Morgan fingerprint density at radius 1 is 0.545 bits per heavy atom. The number of carbonyl (C=O) groups excluding carboxylic acids is 2. The molecule has 0 aromatic rings. The van der Waals surface area contributed by atoms with Crippen LogP contribution >= 0.6 is 0 Å². The second-order valence-electron chi connectivity index (χ2n) is 5.44. The lowest BCUT2D eigenvalue weighted by molar-refractivity contribution is -0.473. The van der Waals surface area contributed by atoms with Crippen LogP contribution < -0.4 is 0 Å². The van der Waals surface area contributed by atoms with E-state index in [0.29, 0.717) is 0 Å². The van der Waals surface area contributed by atoms with Gasteiger partial charge in [-0.1, -0.05) is 6.58 Å². The second-order valence-corrected chi connectivity index (χ2v) is 5.44. The minimum absolute atomic E-state index is 0.0935. The average Bonchev–Trinajstić information content (AvgIpc) is 2.58. The summed E-state index contributed by atoms with van der Waals surface area (Å²) in [5.74, 6) is -53.6. The molecule has 0 heterocycles. The van der Waals surface area contributed by atoms with Crippen molar-refractivity contribution in [1.29, 1.82) is 0 Å². The monoisotopic (exact) mass is 534 g/mol. The highest BCUT2D eigenvalue weighted by atomic mass is 19.4. The molecule has 0 aliphatic heterocycles. The third-order valence-electron chi connectivity index (χ3n) is 3.26. The summed E-state index contributed by atoms with van der Waals surface area (Å²) < 4.78 is 224. The number of carbonyl (C=O) groups is 2. The fraction of sp³-hybridized carbons (Fsp3) is 0.667. The van der Waals surface area contributed by atoms with Gasteiger partial charge in [0, 0.05) is 6.08 Å². The Labute approximate surface area is 167 Å². The van der Waals surface area contributed by atoms with Gasteiger partial charge in [-0.05, 0) is 0 Å². The first-order valence-corrected chi connectivity index (χ1v) is 6.88. The highest BCUT2D eigenvalue weighted by Crippen LogP contribution is 2.64. The van der Waals surface area contributed by atoms with E-state index in [4.69, 9.17) is 0 Å². The lowest BCUT2D eigenvalue weighted by Crippen LogP contribution is -2.74. The molecule has 0 aliphatic carbocycles. The zero-order chi connectivity index (χ0) is 27.3. The molecule has 0 saturated heterocycles. The number of ether oxygens (including phenoxy) is 2. The Bertz CT molecular complexity index is 781. The van der Waals surface area contributed by atoms with Crippen LogP contribution in [0.5, 0.6) is 0 Å². The van der Waals surface area contributed by atoms with Crippen molar-refractivity contribution in [1.82, 2.24) is 0 Å². The number of hydrogen-bond donors (Lipinski definition) is 0. The van der Waals surface area contributed by atoms with Crippen molar-refractivity contribution >= 4 is 12.1 Å². The van der Waals surface area contributed by atoms with Crippen molar-refractivity contribution in [3.05, 3.63) is 12.7 Å². The summed E-state index contributed by atoms with van der Waals surface area (Å²) in [4.78, 5) is 21.0. The van der Waals surface area contributed by atoms with Crippen molar-refractivity contribution in [3.63, 3.8) is 0 Å². The molecule has 0 saturated carbocycles. The molecule has 0 bridgehead atoms. The van der Waals surface area contributed by atoms with Gasteiger partial charge in [0.25, 0.3) is 0 Å². The van der Waals surface area contributed by atoms with E-state index in [1.807, 2.05) is 0 Å². The van der Waals surface area contributed by atoms with Crippen molar-refractivity contribution in [3.8, 4) is 0 Å². The molecular formula is C12H3F17O4. The van der Waals surface area contributed by atoms with Gasteiger partial charge in [-0.25, -0.2) is 9.59 Å². The van der Waals surface area contributed by atoms with Crippen LogP contribution in [0.25, 0.3) is 0 Å². The summed E-state index contributed by atoms with van der Waals surface area (Å²) in [6, 6.07) is 0. The van der Waals surface area contributed by atoms with E-state index in [-0.39, 0.29) is 6.08 Å². The smallest absolute Gasteiger partial charge is 0.363 e. The molecule has 0 N–H and O–H groups in total. The maximum atomic E-state index is 13.3. The highest BCUT2D eigenvalue weighted by Gasteiger charge is 2.96. The first-order valence-electron chi connectivity index (χ1n) is 6.88. The molecule has 0 fully saturated rings. The first kappa shape index (κ1) is 30.5. The van der Waals surface area contributed by atoms with E-state index in [2.05, 4.69) is 16.1 Å². The molecule has 0 radical (unpaired) electrons. The molecule has 0 atom stereocenters. The van der Waals surface area contributed by atoms with Gasteiger partial charge in [-0.2, -0.15) is 74.6 Å². The molecular weight excluding hydrogens is 531 g/mol. The van der Waals surface area contributed by atoms with Gasteiger partial charge in [0.2, 0.25) is 0 Å². The summed E-state index contributed by atoms with van der Waals surface area (Å²) in [7, 11) is 0. The lowest BCUT2D eigenvalue weighted by Gasteiger charge is -2.42. The maximum absolute atomic E-state index is 13.3. The Morgan fingerprint density at radius 2 is 0.848 bits per heavy atom. The lowest BCUT2D eigenvalue weighted by atomic mass is 9.90.